The number of hydrogen-bond acceptors (Lipinski definition) is 4. The lowest BCUT2D eigenvalue weighted by Crippen LogP contribution is -2.31. The van der Waals surface area contributed by atoms with Crippen LogP contribution in [-0.2, 0) is 24.1 Å². The summed E-state index contributed by atoms with van der Waals surface area (Å²) in [6.07, 6.45) is 6.84. The third kappa shape index (κ3) is 3.51. The lowest BCUT2D eigenvalue weighted by atomic mass is 10.0. The predicted octanol–water partition coefficient (Wildman–Crippen LogP) is 1.03. The van der Waals surface area contributed by atoms with Crippen LogP contribution in [0.4, 0.5) is 0 Å². The van der Waals surface area contributed by atoms with E-state index in [0.717, 1.165) is 19.3 Å². The van der Waals surface area contributed by atoms with Crippen LogP contribution >= 0.6 is 11.3 Å². The van der Waals surface area contributed by atoms with Crippen LogP contribution in [0, 0.1) is 0 Å². The third-order valence-corrected chi connectivity index (χ3v) is 4.18. The number of carbonyl (C=O) groups is 1. The lowest BCUT2D eigenvalue weighted by Gasteiger charge is -2.06. The number of thiazole rings is 1. The molecule has 1 heterocycles. The van der Waals surface area contributed by atoms with E-state index in [9.17, 15) is 4.79 Å². The maximum atomic E-state index is 10.9. The van der Waals surface area contributed by atoms with E-state index >= 15 is 0 Å². The molecule has 4 nitrogen and oxygen atoms in total. The zero-order chi connectivity index (χ0) is 12.1. The summed E-state index contributed by atoms with van der Waals surface area (Å²) in [5, 5.41) is 4.00. The summed E-state index contributed by atoms with van der Waals surface area (Å²) in [4.78, 5) is 17.1. The van der Waals surface area contributed by atoms with E-state index in [1.165, 1.54) is 34.8 Å². The van der Waals surface area contributed by atoms with Crippen molar-refractivity contribution in [3.63, 3.8) is 0 Å². The topological polar surface area (TPSA) is 68.0 Å². The number of fused-ring (bicyclic) bond motifs is 1. The van der Waals surface area contributed by atoms with E-state index < -0.39 is 0 Å². The zero-order valence-electron chi connectivity index (χ0n) is 10.00. The van der Waals surface area contributed by atoms with Crippen molar-refractivity contribution in [1.82, 2.24) is 10.3 Å². The highest BCUT2D eigenvalue weighted by Gasteiger charge is 2.14. The van der Waals surface area contributed by atoms with Gasteiger partial charge in [-0.15, -0.1) is 11.3 Å². The fraction of sp³-hybridized carbons (Fsp3) is 0.667. The Balaban J connectivity index is 1.75. The molecule has 0 saturated heterocycles. The van der Waals surface area contributed by atoms with Crippen molar-refractivity contribution in [2.75, 3.05) is 13.1 Å². The highest BCUT2D eigenvalue weighted by molar-refractivity contribution is 7.11. The fourth-order valence-corrected chi connectivity index (χ4v) is 3.25. The van der Waals surface area contributed by atoms with Gasteiger partial charge >= 0.3 is 0 Å². The van der Waals surface area contributed by atoms with E-state index in [2.05, 4.69) is 10.3 Å². The molecular weight excluding hydrogens is 234 g/mol. The smallest absolute Gasteiger partial charge is 0.233 e. The van der Waals surface area contributed by atoms with Gasteiger partial charge in [-0.3, -0.25) is 4.79 Å². The van der Waals surface area contributed by atoms with Crippen LogP contribution in [0.1, 0.15) is 34.8 Å². The quantitative estimate of drug-likeness (QED) is 0.770. The van der Waals surface area contributed by atoms with Crippen LogP contribution in [0.2, 0.25) is 0 Å². The number of aryl methyl sites for hydroxylation is 3. The van der Waals surface area contributed by atoms with Crippen LogP contribution in [-0.4, -0.2) is 24.0 Å². The number of nitrogens with two attached hydrogens (primary N) is 1. The minimum absolute atomic E-state index is 0.0749. The van der Waals surface area contributed by atoms with Crippen LogP contribution in [0.3, 0.4) is 0 Å². The van der Waals surface area contributed by atoms with Gasteiger partial charge in [0, 0.05) is 17.8 Å². The molecule has 1 aromatic rings. The number of aromatic nitrogens is 1. The first-order valence-electron chi connectivity index (χ1n) is 6.24. The molecular formula is C12H19N3OS. The summed E-state index contributed by atoms with van der Waals surface area (Å²) in [5.41, 5.74) is 6.53. The second kappa shape index (κ2) is 6.12. The van der Waals surface area contributed by atoms with Crippen molar-refractivity contribution in [3.8, 4) is 0 Å². The SMILES string of the molecule is NCC(=O)NCCCc1nc2c(s1)CCCC2. The Labute approximate surface area is 106 Å². The molecule has 1 amide bonds. The molecule has 0 spiro atoms. The first-order valence-corrected chi connectivity index (χ1v) is 7.05. The average Bonchev–Trinajstić information content (AvgIpc) is 2.76. The average molecular weight is 253 g/mol. The summed E-state index contributed by atoms with van der Waals surface area (Å²) < 4.78 is 0. The van der Waals surface area contributed by atoms with Crippen molar-refractivity contribution in [3.05, 3.63) is 15.6 Å². The standard InChI is InChI=1S/C12H19N3OS/c13-8-11(16)14-7-3-6-12-15-9-4-1-2-5-10(9)17-12/h1-8,13H2,(H,14,16). The molecule has 0 aliphatic heterocycles. The predicted molar refractivity (Wildman–Crippen MR) is 69.1 cm³/mol. The minimum Gasteiger partial charge on any atom is -0.355 e. The Bertz CT molecular complexity index is 366. The molecule has 3 N–H and O–H groups in total. The molecule has 17 heavy (non-hydrogen) atoms. The summed E-state index contributed by atoms with van der Waals surface area (Å²) in [6, 6.07) is 0. The maximum absolute atomic E-state index is 10.9. The molecule has 0 unspecified atom stereocenters. The Morgan fingerprint density at radius 1 is 1.41 bits per heavy atom. The van der Waals surface area contributed by atoms with Crippen molar-refractivity contribution >= 4 is 17.2 Å². The number of nitrogens with zero attached hydrogens (tertiary/aromatic N) is 1. The van der Waals surface area contributed by atoms with Crippen LogP contribution < -0.4 is 11.1 Å². The third-order valence-electron chi connectivity index (χ3n) is 2.96. The summed E-state index contributed by atoms with van der Waals surface area (Å²) >= 11 is 1.85. The normalized spacial score (nSPS) is 14.4. The van der Waals surface area contributed by atoms with Gasteiger partial charge in [-0.2, -0.15) is 0 Å². The molecule has 0 fully saturated rings. The number of hydrogen-bond donors (Lipinski definition) is 2. The van der Waals surface area contributed by atoms with E-state index in [1.54, 1.807) is 0 Å². The molecule has 1 aliphatic carbocycles. The fourth-order valence-electron chi connectivity index (χ4n) is 2.05. The maximum Gasteiger partial charge on any atom is 0.233 e. The van der Waals surface area contributed by atoms with Gasteiger partial charge in [-0.05, 0) is 32.1 Å². The Morgan fingerprint density at radius 2 is 2.24 bits per heavy atom. The van der Waals surface area contributed by atoms with Gasteiger partial charge in [0.25, 0.3) is 0 Å². The van der Waals surface area contributed by atoms with Crippen molar-refractivity contribution in [1.29, 1.82) is 0 Å². The van der Waals surface area contributed by atoms with E-state index in [-0.39, 0.29) is 12.5 Å². The van der Waals surface area contributed by atoms with Crippen LogP contribution in [0.25, 0.3) is 0 Å². The van der Waals surface area contributed by atoms with E-state index in [1.807, 2.05) is 11.3 Å². The van der Waals surface area contributed by atoms with Crippen molar-refractivity contribution in [2.45, 2.75) is 38.5 Å². The molecule has 5 heteroatoms. The number of nitrogens with one attached hydrogen (secondary N) is 1. The van der Waals surface area contributed by atoms with Crippen molar-refractivity contribution < 1.29 is 4.79 Å². The number of carbonyl (C=O) groups excluding carboxylic acids is 1. The summed E-state index contributed by atoms with van der Waals surface area (Å²) in [7, 11) is 0. The molecule has 0 radical (unpaired) electrons. The highest BCUT2D eigenvalue weighted by atomic mass is 32.1. The molecule has 0 atom stereocenters. The van der Waals surface area contributed by atoms with E-state index in [0.29, 0.717) is 6.54 Å². The van der Waals surface area contributed by atoms with Gasteiger partial charge in [0.1, 0.15) is 0 Å². The molecule has 1 aliphatic rings. The Morgan fingerprint density at radius 3 is 3.00 bits per heavy atom. The van der Waals surface area contributed by atoms with Gasteiger partial charge < -0.3 is 11.1 Å². The number of amides is 1. The van der Waals surface area contributed by atoms with E-state index in [4.69, 9.17) is 5.73 Å². The summed E-state index contributed by atoms with van der Waals surface area (Å²) in [5.74, 6) is -0.0802. The van der Waals surface area contributed by atoms with Gasteiger partial charge in [0.15, 0.2) is 0 Å². The first kappa shape index (κ1) is 12.5. The Hall–Kier alpha value is -0.940. The zero-order valence-corrected chi connectivity index (χ0v) is 10.8. The lowest BCUT2D eigenvalue weighted by molar-refractivity contribution is -0.119. The number of rotatable bonds is 5. The molecule has 0 saturated carbocycles. The Kier molecular flexibility index (Phi) is 4.50. The van der Waals surface area contributed by atoms with Gasteiger partial charge in [0.2, 0.25) is 5.91 Å². The largest absolute Gasteiger partial charge is 0.355 e. The monoisotopic (exact) mass is 253 g/mol. The molecule has 0 bridgehead atoms. The highest BCUT2D eigenvalue weighted by Crippen LogP contribution is 2.27. The van der Waals surface area contributed by atoms with Gasteiger partial charge in [-0.1, -0.05) is 0 Å². The second-order valence-electron chi connectivity index (χ2n) is 4.34. The van der Waals surface area contributed by atoms with Gasteiger partial charge in [0.05, 0.1) is 17.2 Å². The van der Waals surface area contributed by atoms with Gasteiger partial charge in [-0.25, -0.2) is 4.98 Å². The summed E-state index contributed by atoms with van der Waals surface area (Å²) in [6.45, 7) is 0.770. The molecule has 0 aromatic carbocycles. The molecule has 94 valence electrons. The minimum atomic E-state index is -0.0802. The molecule has 2 rings (SSSR count). The van der Waals surface area contributed by atoms with Crippen LogP contribution in [0.15, 0.2) is 0 Å². The molecule has 1 aromatic heterocycles. The van der Waals surface area contributed by atoms with Crippen molar-refractivity contribution in [2.24, 2.45) is 5.73 Å². The first-order chi connectivity index (χ1) is 8.29. The second-order valence-corrected chi connectivity index (χ2v) is 5.51. The van der Waals surface area contributed by atoms with Crippen LogP contribution in [0.5, 0.6) is 0 Å².